The minimum Gasteiger partial charge on any atom is -0.409 e. The standard InChI is InChI=1S/C35H58F3NO9SSi2/c1-24(2)51(25(3)4,26(5)6)48-31(19-27(7)16-17-28(42-8)15-14-18-50(11,12)13)30-20-29(43-9)21-34(44-10,46-30)22-32-39-23-33(45-32)47-49(40,41)35(36,37)38/h16-17,19,23-26,28-31H,15,20-22H2,1-13H3/b17-16+,27-19+/t28-,29-,30-,31-,34+/m1/s1. The summed E-state index contributed by atoms with van der Waals surface area (Å²) in [4.78, 5) is 3.96. The number of alkyl halides is 3. The van der Waals surface area contributed by atoms with E-state index in [0.717, 1.165) is 11.8 Å². The lowest BCUT2D eigenvalue weighted by Gasteiger charge is -2.49. The van der Waals surface area contributed by atoms with Gasteiger partial charge in [-0.15, -0.1) is 11.5 Å². The van der Waals surface area contributed by atoms with Gasteiger partial charge in [-0.05, 0) is 23.5 Å². The largest absolute Gasteiger partial charge is 0.534 e. The molecule has 0 amide bonds. The van der Waals surface area contributed by atoms with Gasteiger partial charge >= 0.3 is 21.6 Å². The Morgan fingerprint density at radius 1 is 1.10 bits per heavy atom. The van der Waals surface area contributed by atoms with Gasteiger partial charge in [0.25, 0.3) is 0 Å². The highest BCUT2D eigenvalue weighted by molar-refractivity contribution is 7.87. The molecule has 0 N–H and O–H groups in total. The first-order valence-electron chi connectivity index (χ1n) is 17.2. The van der Waals surface area contributed by atoms with Crippen LogP contribution in [0.2, 0.25) is 36.3 Å². The van der Waals surface area contributed by atoms with Crippen molar-refractivity contribution in [2.45, 2.75) is 146 Å². The lowest BCUT2D eigenvalue weighted by molar-refractivity contribution is -0.297. The molecule has 5 atom stereocenters. The van der Waals surface area contributed by atoms with E-state index in [1.807, 2.05) is 25.2 Å². The van der Waals surface area contributed by atoms with Crippen LogP contribution in [0.25, 0.3) is 0 Å². The molecule has 0 bridgehead atoms. The predicted molar refractivity (Wildman–Crippen MR) is 196 cm³/mol. The Labute approximate surface area is 305 Å². The van der Waals surface area contributed by atoms with Gasteiger partial charge < -0.3 is 32.0 Å². The molecule has 0 unspecified atom stereocenters. The molecule has 1 aromatic rings. The van der Waals surface area contributed by atoms with Crippen LogP contribution in [-0.4, -0.2) is 86.8 Å². The van der Waals surface area contributed by atoms with E-state index in [-0.39, 0.29) is 47.6 Å². The fourth-order valence-corrected chi connectivity index (χ4v) is 13.2. The molecular weight excluding hydrogens is 724 g/mol. The Morgan fingerprint density at radius 2 is 1.71 bits per heavy atom. The van der Waals surface area contributed by atoms with Crippen molar-refractivity contribution in [3.05, 3.63) is 35.9 Å². The molecule has 1 fully saturated rings. The normalized spacial score (nSPS) is 22.5. The molecule has 0 spiro atoms. The summed E-state index contributed by atoms with van der Waals surface area (Å²) in [5.41, 5.74) is -0.545. The van der Waals surface area contributed by atoms with Crippen molar-refractivity contribution in [2.24, 2.45) is 0 Å². The van der Waals surface area contributed by atoms with E-state index in [4.69, 9.17) is 27.8 Å². The molecule has 1 aromatic heterocycles. The molecule has 51 heavy (non-hydrogen) atoms. The molecule has 2 heterocycles. The summed E-state index contributed by atoms with van der Waals surface area (Å²) in [5, 5.41) is 0. The molecule has 0 aromatic carbocycles. The van der Waals surface area contributed by atoms with Gasteiger partial charge in [-0.1, -0.05) is 85.0 Å². The van der Waals surface area contributed by atoms with E-state index in [2.05, 4.69) is 81.8 Å². The fraction of sp³-hybridized carbons (Fsp3) is 0.743. The van der Waals surface area contributed by atoms with Crippen molar-refractivity contribution < 1.29 is 53.6 Å². The number of aromatic nitrogens is 1. The van der Waals surface area contributed by atoms with E-state index in [1.54, 1.807) is 14.2 Å². The zero-order valence-electron chi connectivity index (χ0n) is 32.3. The second-order valence-electron chi connectivity index (χ2n) is 15.0. The molecule has 1 saturated heterocycles. The van der Waals surface area contributed by atoms with E-state index in [0.29, 0.717) is 12.8 Å². The lowest BCUT2D eigenvalue weighted by atomic mass is 9.92. The Kier molecular flexibility index (Phi) is 16.3. The average molecular weight is 782 g/mol. The molecule has 1 aliphatic heterocycles. The highest BCUT2D eigenvalue weighted by Crippen LogP contribution is 2.45. The first-order chi connectivity index (χ1) is 23.4. The zero-order chi connectivity index (χ0) is 39.0. The van der Waals surface area contributed by atoms with Crippen LogP contribution in [0, 0.1) is 11.5 Å². The maximum Gasteiger partial charge on any atom is 0.534 e. The van der Waals surface area contributed by atoms with E-state index >= 15 is 0 Å². The Balaban J connectivity index is 2.57. The SMILES string of the molecule is CO[C@@H]1C[C@H]([C@@H](/C=C(C)/C=C/[C@@H](CC#C[Si](C)(C)C)OC)O[Si](C(C)C)(C(C)C)C(C)C)O[C@@](Cc2ncc(OS(=O)(=O)C(F)(F)F)o2)(OC)C1. The molecule has 0 radical (unpaired) electrons. The number of ether oxygens (including phenoxy) is 4. The Morgan fingerprint density at radius 3 is 2.20 bits per heavy atom. The molecule has 0 aliphatic carbocycles. The Hall–Kier alpha value is -1.98. The third-order valence-electron chi connectivity index (χ3n) is 9.02. The van der Waals surface area contributed by atoms with Crippen molar-refractivity contribution in [3.63, 3.8) is 0 Å². The molecule has 16 heteroatoms. The quantitative estimate of drug-likeness (QED) is 0.0503. The number of hydrogen-bond donors (Lipinski definition) is 0. The van der Waals surface area contributed by atoms with E-state index < -0.39 is 56.0 Å². The summed E-state index contributed by atoms with van der Waals surface area (Å²) in [6, 6.07) is 0. The van der Waals surface area contributed by atoms with Crippen molar-refractivity contribution in [1.29, 1.82) is 0 Å². The van der Waals surface area contributed by atoms with Crippen molar-refractivity contribution >= 4 is 26.5 Å². The number of oxazole rings is 1. The smallest absolute Gasteiger partial charge is 0.409 e. The molecule has 1 aliphatic rings. The lowest BCUT2D eigenvalue weighted by Crippen LogP contribution is -2.57. The summed E-state index contributed by atoms with van der Waals surface area (Å²) < 4.78 is 103. The maximum absolute atomic E-state index is 12.9. The molecule has 10 nitrogen and oxygen atoms in total. The number of allylic oxidation sites excluding steroid dienone is 2. The average Bonchev–Trinajstić information content (AvgIpc) is 3.44. The maximum atomic E-state index is 12.9. The molecule has 0 saturated carbocycles. The topological polar surface area (TPSA) is 116 Å². The van der Waals surface area contributed by atoms with Gasteiger partial charge in [-0.25, -0.2) is 4.98 Å². The van der Waals surface area contributed by atoms with Crippen molar-refractivity contribution in [2.75, 3.05) is 21.3 Å². The van der Waals surface area contributed by atoms with Crippen LogP contribution in [0.15, 0.2) is 34.4 Å². The third kappa shape index (κ3) is 12.6. The van der Waals surface area contributed by atoms with Gasteiger partial charge in [0.2, 0.25) is 14.2 Å². The highest BCUT2D eigenvalue weighted by atomic mass is 32.2. The minimum atomic E-state index is -5.95. The third-order valence-corrected chi connectivity index (χ3v) is 17.0. The number of nitrogens with zero attached hydrogens (tertiary/aromatic N) is 1. The van der Waals surface area contributed by atoms with E-state index in [1.165, 1.54) is 7.11 Å². The Bertz CT molecular complexity index is 1470. The first kappa shape index (κ1) is 45.2. The number of methoxy groups -OCH3 is 3. The van der Waals surface area contributed by atoms with Gasteiger partial charge in [0, 0.05) is 40.6 Å². The predicted octanol–water partition coefficient (Wildman–Crippen LogP) is 8.33. The van der Waals surface area contributed by atoms with Crippen LogP contribution in [0.3, 0.4) is 0 Å². The molecule has 292 valence electrons. The summed E-state index contributed by atoms with van der Waals surface area (Å²) in [7, 11) is -5.28. The van der Waals surface area contributed by atoms with Crippen LogP contribution in [0.4, 0.5) is 13.2 Å². The summed E-state index contributed by atoms with van der Waals surface area (Å²) in [5.74, 6) is 0.780. The van der Waals surface area contributed by atoms with Crippen LogP contribution in [0.5, 0.6) is 5.95 Å². The second kappa shape index (κ2) is 18.4. The van der Waals surface area contributed by atoms with Crippen molar-refractivity contribution in [3.8, 4) is 17.4 Å². The number of hydrogen-bond acceptors (Lipinski definition) is 10. The van der Waals surface area contributed by atoms with Gasteiger partial charge in [-0.3, -0.25) is 0 Å². The second-order valence-corrected chi connectivity index (χ2v) is 26.7. The zero-order valence-corrected chi connectivity index (χ0v) is 35.2. The van der Waals surface area contributed by atoms with Crippen molar-refractivity contribution in [1.82, 2.24) is 4.98 Å². The molecule has 2 rings (SSSR count). The van der Waals surface area contributed by atoms with Gasteiger partial charge in [0.1, 0.15) is 14.3 Å². The van der Waals surface area contributed by atoms with Crippen LogP contribution in [-0.2, 0) is 39.9 Å². The van der Waals surface area contributed by atoms with Gasteiger partial charge in [0.05, 0.1) is 30.8 Å². The van der Waals surface area contributed by atoms with Gasteiger partial charge in [0.15, 0.2) is 5.79 Å². The van der Waals surface area contributed by atoms with E-state index in [9.17, 15) is 21.6 Å². The molecular formula is C35H58F3NO9SSi2. The number of rotatable bonds is 17. The summed E-state index contributed by atoms with van der Waals surface area (Å²) in [6.45, 7) is 21.8. The first-order valence-corrected chi connectivity index (χ1v) is 24.3. The van der Waals surface area contributed by atoms with Crippen LogP contribution < -0.4 is 4.18 Å². The summed E-state index contributed by atoms with van der Waals surface area (Å²) in [6.07, 6.45) is 6.16. The van der Waals surface area contributed by atoms with Gasteiger partial charge in [-0.2, -0.15) is 21.6 Å². The summed E-state index contributed by atoms with van der Waals surface area (Å²) >= 11 is 0. The fourth-order valence-electron chi connectivity index (χ4n) is 6.64. The van der Waals surface area contributed by atoms with Crippen LogP contribution in [0.1, 0.15) is 73.6 Å². The number of halogens is 3. The highest BCUT2D eigenvalue weighted by Gasteiger charge is 2.52. The minimum absolute atomic E-state index is 0.148. The van der Waals surface area contributed by atoms with Crippen LogP contribution >= 0.6 is 0 Å². The monoisotopic (exact) mass is 781 g/mol.